The molecular formula is C18H13BrF3N3O4S. The van der Waals surface area contributed by atoms with E-state index < -0.39 is 17.0 Å². The lowest BCUT2D eigenvalue weighted by Gasteiger charge is -2.20. The molecule has 0 saturated carbocycles. The first-order valence-electron chi connectivity index (χ1n) is 8.17. The number of carboxylic acids is 1. The van der Waals surface area contributed by atoms with Gasteiger partial charge in [-0.1, -0.05) is 39.8 Å². The minimum atomic E-state index is -5.08. The molecule has 0 saturated heterocycles. The third-order valence-corrected chi connectivity index (χ3v) is 5.92. The standard InChI is InChI=1S/C16H12BrN3O2S.C2HF3O2/c1-22-11-6-7-13-12(8-11)16(15(21)18-13)20-19-14(23-16)9-2-4-10(17)5-3-9;3-2(4,5)1(6)7/h2-8,20H,1H3,(H,18,21);(H,6,7). The van der Waals surface area contributed by atoms with Crippen LogP contribution < -0.4 is 15.5 Å². The summed E-state index contributed by atoms with van der Waals surface area (Å²) >= 11 is 4.83. The maximum atomic E-state index is 12.6. The molecule has 1 spiro atoms. The molecule has 7 nitrogen and oxygen atoms in total. The van der Waals surface area contributed by atoms with Crippen LogP contribution in [0.4, 0.5) is 18.9 Å². The fourth-order valence-corrected chi connectivity index (χ4v) is 4.05. The molecule has 0 radical (unpaired) electrons. The van der Waals surface area contributed by atoms with Gasteiger partial charge in [0.2, 0.25) is 4.87 Å². The number of aliphatic carboxylic acids is 1. The van der Waals surface area contributed by atoms with Gasteiger partial charge in [0, 0.05) is 21.3 Å². The molecule has 158 valence electrons. The summed E-state index contributed by atoms with van der Waals surface area (Å²) in [5.74, 6) is -2.17. The molecule has 2 aromatic rings. The molecule has 2 aliphatic heterocycles. The lowest BCUT2D eigenvalue weighted by molar-refractivity contribution is -0.192. The minimum absolute atomic E-state index is 0.124. The van der Waals surface area contributed by atoms with Crippen LogP contribution in [0.1, 0.15) is 11.1 Å². The number of fused-ring (bicyclic) bond motifs is 2. The monoisotopic (exact) mass is 503 g/mol. The summed E-state index contributed by atoms with van der Waals surface area (Å²) in [5.41, 5.74) is 5.61. The zero-order chi connectivity index (χ0) is 22.1. The summed E-state index contributed by atoms with van der Waals surface area (Å²) in [6.45, 7) is 0. The second-order valence-corrected chi connectivity index (χ2v) is 8.11. The zero-order valence-electron chi connectivity index (χ0n) is 15.1. The minimum Gasteiger partial charge on any atom is -0.497 e. The highest BCUT2D eigenvalue weighted by atomic mass is 79.9. The third kappa shape index (κ3) is 4.24. The highest BCUT2D eigenvalue weighted by Gasteiger charge is 2.52. The van der Waals surface area contributed by atoms with Crippen molar-refractivity contribution in [3.63, 3.8) is 0 Å². The molecule has 30 heavy (non-hydrogen) atoms. The van der Waals surface area contributed by atoms with Crippen LogP contribution in [-0.4, -0.2) is 35.3 Å². The van der Waals surface area contributed by atoms with Crippen LogP contribution in [0.15, 0.2) is 52.0 Å². The predicted octanol–water partition coefficient (Wildman–Crippen LogP) is 3.89. The quantitative estimate of drug-likeness (QED) is 0.574. The van der Waals surface area contributed by atoms with E-state index in [1.165, 1.54) is 11.8 Å². The Bertz CT molecular complexity index is 1030. The topological polar surface area (TPSA) is 100 Å². The number of nitrogens with one attached hydrogen (secondary N) is 2. The Morgan fingerprint density at radius 3 is 2.43 bits per heavy atom. The molecule has 12 heteroatoms. The number of anilines is 1. The van der Waals surface area contributed by atoms with E-state index >= 15 is 0 Å². The number of alkyl halides is 3. The van der Waals surface area contributed by atoms with E-state index in [0.717, 1.165) is 26.3 Å². The van der Waals surface area contributed by atoms with Crippen molar-refractivity contribution in [2.24, 2.45) is 5.10 Å². The van der Waals surface area contributed by atoms with E-state index in [0.29, 0.717) is 5.75 Å². The second kappa shape index (κ2) is 8.19. The van der Waals surface area contributed by atoms with Crippen molar-refractivity contribution in [2.45, 2.75) is 11.0 Å². The Hall–Kier alpha value is -2.73. The summed E-state index contributed by atoms with van der Waals surface area (Å²) in [6, 6.07) is 13.4. The predicted molar refractivity (Wildman–Crippen MR) is 108 cm³/mol. The molecule has 0 bridgehead atoms. The zero-order valence-corrected chi connectivity index (χ0v) is 17.5. The summed E-state index contributed by atoms with van der Waals surface area (Å²) < 4.78 is 38.0. The van der Waals surface area contributed by atoms with Gasteiger partial charge in [-0.3, -0.25) is 10.2 Å². The van der Waals surface area contributed by atoms with Crippen molar-refractivity contribution in [1.82, 2.24) is 5.43 Å². The molecular weight excluding hydrogens is 491 g/mol. The van der Waals surface area contributed by atoms with Gasteiger partial charge in [0.05, 0.1) is 7.11 Å². The van der Waals surface area contributed by atoms with E-state index in [1.807, 2.05) is 42.5 Å². The van der Waals surface area contributed by atoms with Crippen LogP contribution in [0.3, 0.4) is 0 Å². The van der Waals surface area contributed by atoms with Crippen LogP contribution in [0, 0.1) is 0 Å². The van der Waals surface area contributed by atoms with Crippen molar-refractivity contribution in [2.75, 3.05) is 12.4 Å². The lowest BCUT2D eigenvalue weighted by atomic mass is 10.1. The van der Waals surface area contributed by atoms with Gasteiger partial charge in [0.15, 0.2) is 0 Å². The number of carboxylic acid groups (broad SMARTS) is 1. The number of benzene rings is 2. The number of methoxy groups -OCH3 is 1. The summed E-state index contributed by atoms with van der Waals surface area (Å²) in [4.78, 5) is 20.5. The lowest BCUT2D eigenvalue weighted by Crippen LogP contribution is -2.39. The molecule has 2 aliphatic rings. The number of rotatable bonds is 2. The second-order valence-electron chi connectivity index (χ2n) is 5.99. The van der Waals surface area contributed by atoms with Gasteiger partial charge in [0.1, 0.15) is 10.8 Å². The van der Waals surface area contributed by atoms with Crippen molar-refractivity contribution >= 4 is 50.3 Å². The molecule has 1 atom stereocenters. The van der Waals surface area contributed by atoms with E-state index in [1.54, 1.807) is 7.11 Å². The number of carbonyl (C=O) groups is 2. The Labute approximate surface area is 180 Å². The SMILES string of the molecule is COc1ccc2c(c1)C1(NN=C(c3ccc(Br)cc3)S1)C(=O)N2.O=C(O)C(F)(F)F. The number of amides is 1. The van der Waals surface area contributed by atoms with Crippen LogP contribution in [-0.2, 0) is 14.5 Å². The van der Waals surface area contributed by atoms with Crippen molar-refractivity contribution in [3.05, 3.63) is 58.1 Å². The van der Waals surface area contributed by atoms with E-state index in [-0.39, 0.29) is 5.91 Å². The van der Waals surface area contributed by atoms with Crippen LogP contribution in [0.5, 0.6) is 5.75 Å². The molecule has 2 heterocycles. The average molecular weight is 504 g/mol. The molecule has 0 aliphatic carbocycles. The number of thioether (sulfide) groups is 1. The maximum Gasteiger partial charge on any atom is 0.490 e. The number of halogens is 4. The fourth-order valence-electron chi connectivity index (χ4n) is 2.63. The smallest absolute Gasteiger partial charge is 0.490 e. The largest absolute Gasteiger partial charge is 0.497 e. The fraction of sp³-hybridized carbons (Fsp3) is 0.167. The van der Waals surface area contributed by atoms with Gasteiger partial charge in [-0.2, -0.15) is 18.3 Å². The number of hydrazone groups is 1. The first kappa shape index (κ1) is 22.0. The molecule has 1 unspecified atom stereocenters. The molecule has 0 fully saturated rings. The summed E-state index contributed by atoms with van der Waals surface area (Å²) in [5, 5.41) is 15.2. The van der Waals surface area contributed by atoms with E-state index in [9.17, 15) is 18.0 Å². The number of hydrogen-bond acceptors (Lipinski definition) is 6. The highest BCUT2D eigenvalue weighted by Crippen LogP contribution is 2.49. The first-order valence-corrected chi connectivity index (χ1v) is 9.77. The Morgan fingerprint density at radius 2 is 1.87 bits per heavy atom. The summed E-state index contributed by atoms with van der Waals surface area (Å²) in [7, 11) is 1.61. The van der Waals surface area contributed by atoms with Crippen molar-refractivity contribution < 1.29 is 32.6 Å². The Kier molecular flexibility index (Phi) is 5.99. The first-order chi connectivity index (χ1) is 14.1. The van der Waals surface area contributed by atoms with Gasteiger partial charge in [-0.05, 0) is 30.3 Å². The maximum absolute atomic E-state index is 12.6. The van der Waals surface area contributed by atoms with Crippen LogP contribution in [0.25, 0.3) is 0 Å². The number of carbonyl (C=O) groups excluding carboxylic acids is 1. The van der Waals surface area contributed by atoms with Crippen LogP contribution in [0.2, 0.25) is 0 Å². The number of ether oxygens (including phenoxy) is 1. The van der Waals surface area contributed by atoms with Crippen molar-refractivity contribution in [1.29, 1.82) is 0 Å². The van der Waals surface area contributed by atoms with Gasteiger partial charge in [-0.25, -0.2) is 4.79 Å². The number of nitrogens with zero attached hydrogens (tertiary/aromatic N) is 1. The molecule has 4 rings (SSSR count). The van der Waals surface area contributed by atoms with Gasteiger partial charge < -0.3 is 15.2 Å². The Morgan fingerprint density at radius 1 is 1.23 bits per heavy atom. The molecule has 3 N–H and O–H groups in total. The van der Waals surface area contributed by atoms with Crippen LogP contribution >= 0.6 is 27.7 Å². The highest BCUT2D eigenvalue weighted by molar-refractivity contribution is 9.10. The van der Waals surface area contributed by atoms with Gasteiger partial charge in [-0.15, -0.1) is 0 Å². The van der Waals surface area contributed by atoms with Gasteiger partial charge in [0.25, 0.3) is 5.91 Å². The Balaban J connectivity index is 0.000000318. The molecule has 1 amide bonds. The number of hydrogen-bond donors (Lipinski definition) is 3. The van der Waals surface area contributed by atoms with E-state index in [2.05, 4.69) is 31.8 Å². The van der Waals surface area contributed by atoms with E-state index in [4.69, 9.17) is 14.6 Å². The average Bonchev–Trinajstić information content (AvgIpc) is 3.25. The third-order valence-electron chi connectivity index (χ3n) is 4.07. The summed E-state index contributed by atoms with van der Waals surface area (Å²) in [6.07, 6.45) is -5.08. The van der Waals surface area contributed by atoms with Gasteiger partial charge >= 0.3 is 12.1 Å². The normalized spacial score (nSPS) is 19.2. The van der Waals surface area contributed by atoms with Crippen molar-refractivity contribution in [3.8, 4) is 5.75 Å². The molecule has 2 aromatic carbocycles. The molecule has 0 aromatic heterocycles.